The Balaban J connectivity index is 1.74. The molecule has 1 aliphatic heterocycles. The van der Waals surface area contributed by atoms with E-state index in [1.165, 1.54) is 12.0 Å². The van der Waals surface area contributed by atoms with E-state index in [-0.39, 0.29) is 6.54 Å². The second-order valence-electron chi connectivity index (χ2n) is 7.64. The molecule has 4 rings (SSSR count). The molecule has 3 aromatic carbocycles. The van der Waals surface area contributed by atoms with Gasteiger partial charge in [0.2, 0.25) is 0 Å². The van der Waals surface area contributed by atoms with Crippen LogP contribution < -0.4 is 9.64 Å². The summed E-state index contributed by atoms with van der Waals surface area (Å²) >= 11 is 6.19. The number of rotatable bonds is 6. The average Bonchev–Trinajstić information content (AvgIpc) is 2.96. The summed E-state index contributed by atoms with van der Waals surface area (Å²) in [5.41, 5.74) is 1.17. The number of aryl methyl sites for hydroxylation is 1. The highest BCUT2D eigenvalue weighted by atomic mass is 35.5. The van der Waals surface area contributed by atoms with Crippen molar-refractivity contribution in [2.45, 2.75) is 25.5 Å². The van der Waals surface area contributed by atoms with Gasteiger partial charge >= 0.3 is 0 Å². The number of carbonyl (C=O) groups is 2. The van der Waals surface area contributed by atoms with Crippen molar-refractivity contribution in [3.05, 3.63) is 94.0 Å². The molecule has 31 heavy (non-hydrogen) atoms. The van der Waals surface area contributed by atoms with Crippen LogP contribution in [0, 0.1) is 6.92 Å². The number of fused-ring (bicyclic) bond motifs is 1. The number of halogens is 1. The lowest BCUT2D eigenvalue weighted by Crippen LogP contribution is -2.41. The third-order valence-electron chi connectivity index (χ3n) is 5.71. The van der Waals surface area contributed by atoms with Crippen molar-refractivity contribution in [1.82, 2.24) is 0 Å². The number of hydrogen-bond donors (Lipinski definition) is 1. The summed E-state index contributed by atoms with van der Waals surface area (Å²) in [6.07, 6.45) is -0.413. The molecule has 1 heterocycles. The van der Waals surface area contributed by atoms with Gasteiger partial charge in [-0.3, -0.25) is 9.59 Å². The topological polar surface area (TPSA) is 66.8 Å². The van der Waals surface area contributed by atoms with Gasteiger partial charge in [0.15, 0.2) is 11.4 Å². The van der Waals surface area contributed by atoms with Crippen LogP contribution >= 0.6 is 11.6 Å². The first kappa shape index (κ1) is 21.1. The molecule has 3 aromatic rings. The van der Waals surface area contributed by atoms with E-state index in [1.807, 2.05) is 31.2 Å². The molecule has 0 aromatic heterocycles. The Bertz CT molecular complexity index is 1180. The lowest BCUT2D eigenvalue weighted by atomic mass is 9.88. The highest BCUT2D eigenvalue weighted by Gasteiger charge is 2.51. The second-order valence-corrected chi connectivity index (χ2v) is 8.08. The van der Waals surface area contributed by atoms with Crippen LogP contribution in [0.25, 0.3) is 0 Å². The van der Waals surface area contributed by atoms with E-state index in [0.29, 0.717) is 27.6 Å². The molecule has 0 spiro atoms. The number of hydrogen-bond acceptors (Lipinski definition) is 4. The van der Waals surface area contributed by atoms with Gasteiger partial charge < -0.3 is 14.7 Å². The van der Waals surface area contributed by atoms with E-state index in [2.05, 4.69) is 0 Å². The van der Waals surface area contributed by atoms with Crippen LogP contribution in [0.5, 0.6) is 5.75 Å². The Hall–Kier alpha value is -3.15. The van der Waals surface area contributed by atoms with Crippen molar-refractivity contribution < 1.29 is 19.4 Å². The summed E-state index contributed by atoms with van der Waals surface area (Å²) in [6.45, 7) is 2.25. The summed E-state index contributed by atoms with van der Waals surface area (Å²) in [4.78, 5) is 28.1. The maximum absolute atomic E-state index is 13.5. The molecule has 1 N–H and O–H groups in total. The van der Waals surface area contributed by atoms with Crippen molar-refractivity contribution in [2.75, 3.05) is 12.0 Å². The predicted molar refractivity (Wildman–Crippen MR) is 120 cm³/mol. The third-order valence-corrected chi connectivity index (χ3v) is 5.94. The number of Topliss-reactive ketones (excluding diaryl/α,β-unsaturated/α-hetero) is 1. The van der Waals surface area contributed by atoms with Gasteiger partial charge in [0, 0.05) is 10.6 Å². The molecular weight excluding hydrogens is 414 g/mol. The first-order valence-corrected chi connectivity index (χ1v) is 10.3. The highest BCUT2D eigenvalue weighted by molar-refractivity contribution is 6.31. The molecule has 1 atom stereocenters. The molecule has 6 heteroatoms. The summed E-state index contributed by atoms with van der Waals surface area (Å²) in [5.74, 6) is -0.544. The molecule has 1 amide bonds. The highest BCUT2D eigenvalue weighted by Crippen LogP contribution is 2.45. The predicted octanol–water partition coefficient (Wildman–Crippen LogP) is 4.66. The number of amides is 1. The minimum absolute atomic E-state index is 0.283. The zero-order valence-electron chi connectivity index (χ0n) is 17.3. The summed E-state index contributed by atoms with van der Waals surface area (Å²) in [5, 5.41) is 11.9. The van der Waals surface area contributed by atoms with Gasteiger partial charge in [-0.2, -0.15) is 0 Å². The maximum atomic E-state index is 13.5. The van der Waals surface area contributed by atoms with Gasteiger partial charge in [-0.1, -0.05) is 48.0 Å². The smallest absolute Gasteiger partial charge is 0.264 e. The first-order chi connectivity index (χ1) is 14.8. The van der Waals surface area contributed by atoms with E-state index < -0.39 is 23.7 Å². The van der Waals surface area contributed by atoms with Gasteiger partial charge in [0.05, 0.1) is 31.3 Å². The Morgan fingerprint density at radius 1 is 1.10 bits per heavy atom. The SMILES string of the molecule is COc1ccccc1C(=O)C[C@@]1(O)C(=O)N(Cc2ccccc2C)c2ccc(Cl)cc21. The Kier molecular flexibility index (Phi) is 5.56. The number of ether oxygens (including phenoxy) is 1. The van der Waals surface area contributed by atoms with E-state index in [1.54, 1.807) is 42.5 Å². The molecule has 0 unspecified atom stereocenters. The van der Waals surface area contributed by atoms with Crippen LogP contribution in [-0.4, -0.2) is 23.9 Å². The van der Waals surface area contributed by atoms with Crippen molar-refractivity contribution >= 4 is 29.0 Å². The Morgan fingerprint density at radius 3 is 2.55 bits per heavy atom. The second kappa shape index (κ2) is 8.17. The van der Waals surface area contributed by atoms with Crippen molar-refractivity contribution in [3.8, 4) is 5.75 Å². The van der Waals surface area contributed by atoms with Gasteiger partial charge in [-0.05, 0) is 48.4 Å². The number of para-hydroxylation sites is 1. The molecule has 0 saturated heterocycles. The molecule has 0 bridgehead atoms. The number of nitrogens with zero attached hydrogens (tertiary/aromatic N) is 1. The van der Waals surface area contributed by atoms with Crippen LogP contribution in [0.15, 0.2) is 66.7 Å². The fraction of sp³-hybridized carbons (Fsp3) is 0.200. The number of carbonyl (C=O) groups excluding carboxylic acids is 2. The molecule has 1 aliphatic rings. The van der Waals surface area contributed by atoms with Crippen LogP contribution in [0.2, 0.25) is 5.02 Å². The van der Waals surface area contributed by atoms with Crippen LogP contribution in [0.3, 0.4) is 0 Å². The van der Waals surface area contributed by atoms with E-state index >= 15 is 0 Å². The fourth-order valence-corrected chi connectivity index (χ4v) is 4.18. The lowest BCUT2D eigenvalue weighted by Gasteiger charge is -2.23. The summed E-state index contributed by atoms with van der Waals surface area (Å²) in [6, 6.07) is 19.4. The van der Waals surface area contributed by atoms with Gasteiger partial charge in [0.1, 0.15) is 5.75 Å². The van der Waals surface area contributed by atoms with E-state index in [4.69, 9.17) is 16.3 Å². The Labute approximate surface area is 185 Å². The average molecular weight is 436 g/mol. The molecular formula is C25H22ClNO4. The van der Waals surface area contributed by atoms with E-state index in [0.717, 1.165) is 11.1 Å². The number of methoxy groups -OCH3 is 1. The zero-order valence-corrected chi connectivity index (χ0v) is 18.0. The zero-order chi connectivity index (χ0) is 22.2. The van der Waals surface area contributed by atoms with Crippen LogP contribution in [-0.2, 0) is 16.9 Å². The summed E-state index contributed by atoms with van der Waals surface area (Å²) in [7, 11) is 1.47. The minimum atomic E-state index is -2.01. The molecule has 158 valence electrons. The molecule has 0 fully saturated rings. The first-order valence-electron chi connectivity index (χ1n) is 9.90. The van der Waals surface area contributed by atoms with Gasteiger partial charge in [0.25, 0.3) is 5.91 Å². The minimum Gasteiger partial charge on any atom is -0.496 e. The van der Waals surface area contributed by atoms with Gasteiger partial charge in [-0.15, -0.1) is 0 Å². The largest absolute Gasteiger partial charge is 0.496 e. The standard InChI is InChI=1S/C25H22ClNO4/c1-16-7-3-4-8-17(16)15-27-21-12-11-18(26)13-20(21)25(30,24(27)29)14-22(28)19-9-5-6-10-23(19)31-2/h3-13,30H,14-15H2,1-2H3/t25-/m0/s1. The Morgan fingerprint density at radius 2 is 1.81 bits per heavy atom. The number of anilines is 1. The fourth-order valence-electron chi connectivity index (χ4n) is 4.01. The van der Waals surface area contributed by atoms with Crippen molar-refractivity contribution in [1.29, 1.82) is 0 Å². The normalized spacial score (nSPS) is 17.5. The van der Waals surface area contributed by atoms with Gasteiger partial charge in [-0.25, -0.2) is 0 Å². The number of ketones is 1. The van der Waals surface area contributed by atoms with Crippen molar-refractivity contribution in [3.63, 3.8) is 0 Å². The van der Waals surface area contributed by atoms with Crippen LogP contribution in [0.4, 0.5) is 5.69 Å². The lowest BCUT2D eigenvalue weighted by molar-refractivity contribution is -0.136. The number of benzene rings is 3. The molecule has 0 radical (unpaired) electrons. The monoisotopic (exact) mass is 435 g/mol. The molecule has 5 nitrogen and oxygen atoms in total. The summed E-state index contributed by atoms with van der Waals surface area (Å²) < 4.78 is 5.27. The van der Waals surface area contributed by atoms with Crippen molar-refractivity contribution in [2.24, 2.45) is 0 Å². The molecule has 0 saturated carbocycles. The van der Waals surface area contributed by atoms with Crippen LogP contribution in [0.1, 0.15) is 33.5 Å². The quantitative estimate of drug-likeness (QED) is 0.571. The molecule has 0 aliphatic carbocycles. The number of aliphatic hydroxyl groups is 1. The maximum Gasteiger partial charge on any atom is 0.264 e. The third kappa shape index (κ3) is 3.71. The van der Waals surface area contributed by atoms with E-state index in [9.17, 15) is 14.7 Å².